The highest BCUT2D eigenvalue weighted by Crippen LogP contribution is 2.65. The van der Waals surface area contributed by atoms with Crippen LogP contribution in [0.25, 0.3) is 88.3 Å². The van der Waals surface area contributed by atoms with Gasteiger partial charge in [-0.15, -0.1) is 0 Å². The molecule has 12 rings (SSSR count). The molecule has 0 heterocycles. The standard InChI is InChI=1S/C51H30/c1-3-15-31(16-4-1)45-36-22-7-8-23-37(36)46(32-17-5-2-6-18-32)50-40-29-30-44-48-38(27-28-39(47(40)48)49(45)50)35-21-11-14-26-43(35)51(44)41-24-12-9-19-33(41)34-20-10-13-25-42(34)51/h1-30H. The van der Waals surface area contributed by atoms with Crippen molar-refractivity contribution in [2.24, 2.45) is 0 Å². The first-order valence-electron chi connectivity index (χ1n) is 18.0. The molecule has 0 aliphatic heterocycles. The minimum absolute atomic E-state index is 0.419. The molecule has 1 spiro atoms. The second-order valence-corrected chi connectivity index (χ2v) is 14.2. The second-order valence-electron chi connectivity index (χ2n) is 14.2. The van der Waals surface area contributed by atoms with E-state index in [9.17, 15) is 0 Å². The highest BCUT2D eigenvalue weighted by Gasteiger charge is 2.50. The van der Waals surface area contributed by atoms with Crippen LogP contribution in [0.3, 0.4) is 0 Å². The number of rotatable bonds is 2. The molecule has 0 heteroatoms. The molecule has 3 aliphatic rings. The molecule has 0 amide bonds. The molecule has 0 nitrogen and oxygen atoms in total. The molecule has 9 aromatic carbocycles. The summed E-state index contributed by atoms with van der Waals surface area (Å²) in [5, 5.41) is 5.34. The maximum absolute atomic E-state index is 2.49. The molecule has 9 aromatic rings. The summed E-state index contributed by atoms with van der Waals surface area (Å²) in [6, 6.07) is 68.3. The van der Waals surface area contributed by atoms with Gasteiger partial charge in [0.2, 0.25) is 0 Å². The molecule has 0 unspecified atom stereocenters. The van der Waals surface area contributed by atoms with Gasteiger partial charge in [-0.1, -0.05) is 182 Å². The van der Waals surface area contributed by atoms with Crippen molar-refractivity contribution in [2.75, 3.05) is 0 Å². The average molecular weight is 643 g/mol. The molecule has 0 bridgehead atoms. The number of hydrogen-bond acceptors (Lipinski definition) is 0. The van der Waals surface area contributed by atoms with E-state index >= 15 is 0 Å². The Morgan fingerprint density at radius 1 is 0.235 bits per heavy atom. The molecule has 0 atom stereocenters. The van der Waals surface area contributed by atoms with Gasteiger partial charge in [0.25, 0.3) is 0 Å². The van der Waals surface area contributed by atoms with Crippen LogP contribution in [0.5, 0.6) is 0 Å². The van der Waals surface area contributed by atoms with E-state index in [0.717, 1.165) is 0 Å². The van der Waals surface area contributed by atoms with Gasteiger partial charge in [-0.3, -0.25) is 0 Å². The van der Waals surface area contributed by atoms with Crippen LogP contribution >= 0.6 is 0 Å². The number of hydrogen-bond donors (Lipinski definition) is 0. The fourth-order valence-corrected chi connectivity index (χ4v) is 10.2. The normalized spacial score (nSPS) is 13.6. The number of fused-ring (bicyclic) bond motifs is 13. The molecule has 0 saturated carbocycles. The van der Waals surface area contributed by atoms with Gasteiger partial charge in [-0.25, -0.2) is 0 Å². The molecule has 234 valence electrons. The summed E-state index contributed by atoms with van der Waals surface area (Å²) in [6.45, 7) is 0. The average Bonchev–Trinajstić information content (AvgIpc) is 3.69. The largest absolute Gasteiger partial charge is 0.0725 e. The highest BCUT2D eigenvalue weighted by molar-refractivity contribution is 6.30. The van der Waals surface area contributed by atoms with Gasteiger partial charge in [-0.2, -0.15) is 0 Å². The lowest BCUT2D eigenvalue weighted by Crippen LogP contribution is -2.31. The molecule has 3 aliphatic carbocycles. The zero-order valence-electron chi connectivity index (χ0n) is 27.8. The molecule has 0 fully saturated rings. The molecule has 0 saturated heterocycles. The lowest BCUT2D eigenvalue weighted by Gasteiger charge is -2.40. The summed E-state index contributed by atoms with van der Waals surface area (Å²) in [5.41, 5.74) is 20.9. The first kappa shape index (κ1) is 27.3. The van der Waals surface area contributed by atoms with E-state index in [2.05, 4.69) is 182 Å². The van der Waals surface area contributed by atoms with Crippen LogP contribution in [0.15, 0.2) is 182 Å². The van der Waals surface area contributed by atoms with Crippen molar-refractivity contribution >= 4 is 21.5 Å². The Hall–Kier alpha value is -6.50. The van der Waals surface area contributed by atoms with E-state index in [1.54, 1.807) is 0 Å². The van der Waals surface area contributed by atoms with Crippen molar-refractivity contribution in [3.63, 3.8) is 0 Å². The summed E-state index contributed by atoms with van der Waals surface area (Å²) in [7, 11) is 0. The zero-order chi connectivity index (χ0) is 33.3. The van der Waals surface area contributed by atoms with E-state index in [-0.39, 0.29) is 0 Å². The van der Waals surface area contributed by atoms with Gasteiger partial charge in [0.1, 0.15) is 0 Å². The summed E-state index contributed by atoms with van der Waals surface area (Å²) < 4.78 is 0. The van der Waals surface area contributed by atoms with E-state index in [1.165, 1.54) is 111 Å². The Labute approximate surface area is 296 Å². The van der Waals surface area contributed by atoms with Crippen molar-refractivity contribution in [2.45, 2.75) is 5.41 Å². The SMILES string of the molecule is c1ccc(-c2c3c(c(-c4ccccc4)c4ccccc24)-c2ccc4c5c(ccc-3c25)-c2ccccc2C42c3ccccc3-c3ccccc32)cc1. The first-order valence-corrected chi connectivity index (χ1v) is 18.0. The molecule has 0 N–H and O–H groups in total. The summed E-state index contributed by atoms with van der Waals surface area (Å²) in [4.78, 5) is 0. The van der Waals surface area contributed by atoms with Gasteiger partial charge < -0.3 is 0 Å². The van der Waals surface area contributed by atoms with E-state index in [4.69, 9.17) is 0 Å². The Kier molecular flexibility index (Phi) is 5.26. The fraction of sp³-hybridized carbons (Fsp3) is 0.0196. The lowest BCUT2D eigenvalue weighted by molar-refractivity contribution is 0.773. The van der Waals surface area contributed by atoms with Crippen molar-refractivity contribution in [1.82, 2.24) is 0 Å². The summed E-state index contributed by atoms with van der Waals surface area (Å²) in [6.07, 6.45) is 0. The van der Waals surface area contributed by atoms with Crippen LogP contribution in [0.2, 0.25) is 0 Å². The quantitative estimate of drug-likeness (QED) is 0.176. The predicted octanol–water partition coefficient (Wildman–Crippen LogP) is 13.3. The van der Waals surface area contributed by atoms with Gasteiger partial charge in [0.05, 0.1) is 5.41 Å². The Balaban J connectivity index is 1.30. The highest BCUT2D eigenvalue weighted by atomic mass is 14.5. The maximum atomic E-state index is 2.49. The van der Waals surface area contributed by atoms with Crippen LogP contribution in [0.4, 0.5) is 0 Å². The van der Waals surface area contributed by atoms with E-state index in [0.29, 0.717) is 0 Å². The lowest BCUT2D eigenvalue weighted by atomic mass is 9.61. The monoisotopic (exact) mass is 642 g/mol. The topological polar surface area (TPSA) is 0 Å². The van der Waals surface area contributed by atoms with E-state index in [1.807, 2.05) is 0 Å². The first-order chi connectivity index (χ1) is 25.4. The third-order valence-electron chi connectivity index (χ3n) is 12.0. The third-order valence-corrected chi connectivity index (χ3v) is 12.0. The number of benzene rings is 9. The molecule has 51 heavy (non-hydrogen) atoms. The van der Waals surface area contributed by atoms with Gasteiger partial charge in [0, 0.05) is 0 Å². The fourth-order valence-electron chi connectivity index (χ4n) is 10.2. The second kappa shape index (κ2) is 9.81. The molecular weight excluding hydrogens is 613 g/mol. The van der Waals surface area contributed by atoms with Crippen LogP contribution in [0, 0.1) is 0 Å². The van der Waals surface area contributed by atoms with Gasteiger partial charge >= 0.3 is 0 Å². The van der Waals surface area contributed by atoms with Gasteiger partial charge in [-0.05, 0) is 111 Å². The zero-order valence-corrected chi connectivity index (χ0v) is 27.8. The van der Waals surface area contributed by atoms with Gasteiger partial charge in [0.15, 0.2) is 0 Å². The summed E-state index contributed by atoms with van der Waals surface area (Å²) >= 11 is 0. The van der Waals surface area contributed by atoms with Crippen molar-refractivity contribution in [3.05, 3.63) is 204 Å². The Bertz CT molecular complexity index is 2810. The van der Waals surface area contributed by atoms with Crippen molar-refractivity contribution in [3.8, 4) is 66.8 Å². The minimum Gasteiger partial charge on any atom is -0.0622 e. The van der Waals surface area contributed by atoms with Crippen LogP contribution in [0.1, 0.15) is 22.3 Å². The van der Waals surface area contributed by atoms with Crippen molar-refractivity contribution < 1.29 is 0 Å². The van der Waals surface area contributed by atoms with E-state index < -0.39 is 5.41 Å². The van der Waals surface area contributed by atoms with Crippen molar-refractivity contribution in [1.29, 1.82) is 0 Å². The third kappa shape index (κ3) is 3.26. The van der Waals surface area contributed by atoms with Crippen LogP contribution in [-0.2, 0) is 5.41 Å². The predicted molar refractivity (Wildman–Crippen MR) is 213 cm³/mol. The summed E-state index contributed by atoms with van der Waals surface area (Å²) in [5.74, 6) is 0. The molecule has 0 radical (unpaired) electrons. The smallest absolute Gasteiger partial charge is 0.0622 e. The Morgan fingerprint density at radius 2 is 0.627 bits per heavy atom. The van der Waals surface area contributed by atoms with Crippen LogP contribution < -0.4 is 0 Å². The maximum Gasteiger partial charge on any atom is 0.0725 e. The van der Waals surface area contributed by atoms with Crippen LogP contribution in [-0.4, -0.2) is 0 Å². The molecular formula is C51H30. The molecule has 0 aromatic heterocycles. The minimum atomic E-state index is -0.419. The Morgan fingerprint density at radius 3 is 1.14 bits per heavy atom.